The Bertz CT molecular complexity index is 488. The summed E-state index contributed by atoms with van der Waals surface area (Å²) in [5.74, 6) is -0.00407. The second-order valence-electron chi connectivity index (χ2n) is 3.24. The lowest BCUT2D eigenvalue weighted by Crippen LogP contribution is -1.99. The predicted octanol–water partition coefficient (Wildman–Crippen LogP) is 2.41. The predicted molar refractivity (Wildman–Crippen MR) is 60.8 cm³/mol. The van der Waals surface area contributed by atoms with Crippen LogP contribution < -0.4 is 0 Å². The van der Waals surface area contributed by atoms with Crippen LogP contribution in [0.2, 0.25) is 0 Å². The molecule has 0 radical (unpaired) electrons. The van der Waals surface area contributed by atoms with Crippen molar-refractivity contribution in [3.8, 4) is 0 Å². The van der Waals surface area contributed by atoms with E-state index >= 15 is 0 Å². The molecule has 0 fully saturated rings. The van der Waals surface area contributed by atoms with Crippen molar-refractivity contribution in [3.63, 3.8) is 0 Å². The van der Waals surface area contributed by atoms with Gasteiger partial charge >= 0.3 is 0 Å². The molecule has 0 amide bonds. The number of halogens is 1. The van der Waals surface area contributed by atoms with Crippen LogP contribution in [-0.2, 0) is 7.05 Å². The van der Waals surface area contributed by atoms with Crippen LogP contribution in [0.5, 0.6) is 0 Å². The standard InChI is InChI=1S/C11H9BrN2O/c1-14-7-9(6-13-14)11(15)8-2-4-10(12)5-3-8/h2-7H,1H3. The van der Waals surface area contributed by atoms with Crippen molar-refractivity contribution in [2.45, 2.75) is 0 Å². The molecule has 0 bridgehead atoms. The van der Waals surface area contributed by atoms with Crippen molar-refractivity contribution in [1.82, 2.24) is 9.78 Å². The van der Waals surface area contributed by atoms with Gasteiger partial charge in [0.05, 0.1) is 11.8 Å². The van der Waals surface area contributed by atoms with E-state index in [0.29, 0.717) is 11.1 Å². The second kappa shape index (κ2) is 3.98. The molecule has 4 heteroatoms. The Balaban J connectivity index is 2.32. The Morgan fingerprint density at radius 1 is 1.27 bits per heavy atom. The fourth-order valence-corrected chi connectivity index (χ4v) is 1.57. The lowest BCUT2D eigenvalue weighted by Gasteiger charge is -1.97. The monoisotopic (exact) mass is 264 g/mol. The number of carbonyl (C=O) groups excluding carboxylic acids is 1. The van der Waals surface area contributed by atoms with Crippen LogP contribution in [0.3, 0.4) is 0 Å². The van der Waals surface area contributed by atoms with Crippen LogP contribution in [0, 0.1) is 0 Å². The number of aromatic nitrogens is 2. The van der Waals surface area contributed by atoms with Gasteiger partial charge in [-0.2, -0.15) is 5.10 Å². The second-order valence-corrected chi connectivity index (χ2v) is 4.15. The van der Waals surface area contributed by atoms with E-state index < -0.39 is 0 Å². The Labute approximate surface area is 95.9 Å². The lowest BCUT2D eigenvalue weighted by atomic mass is 10.1. The zero-order valence-electron chi connectivity index (χ0n) is 8.14. The van der Waals surface area contributed by atoms with E-state index in [2.05, 4.69) is 21.0 Å². The Hall–Kier alpha value is -1.42. The summed E-state index contributed by atoms with van der Waals surface area (Å²) >= 11 is 3.33. The SMILES string of the molecule is Cn1cc(C(=O)c2ccc(Br)cc2)cn1. The van der Waals surface area contributed by atoms with Gasteiger partial charge in [0.2, 0.25) is 0 Å². The number of benzene rings is 1. The fourth-order valence-electron chi connectivity index (χ4n) is 1.31. The summed E-state index contributed by atoms with van der Waals surface area (Å²) in [6, 6.07) is 7.28. The van der Waals surface area contributed by atoms with Gasteiger partial charge in [-0.15, -0.1) is 0 Å². The first-order valence-corrected chi connectivity index (χ1v) is 5.25. The molecule has 0 N–H and O–H groups in total. The number of aryl methyl sites for hydroxylation is 1. The third kappa shape index (κ3) is 2.15. The number of nitrogens with zero attached hydrogens (tertiary/aromatic N) is 2. The highest BCUT2D eigenvalue weighted by Crippen LogP contribution is 2.13. The van der Waals surface area contributed by atoms with Gasteiger partial charge in [0.1, 0.15) is 0 Å². The number of carbonyl (C=O) groups is 1. The van der Waals surface area contributed by atoms with Crippen LogP contribution in [0.15, 0.2) is 41.1 Å². The third-order valence-corrected chi connectivity index (χ3v) is 2.60. The molecule has 1 aromatic heterocycles. The van der Waals surface area contributed by atoms with Crippen molar-refractivity contribution < 1.29 is 4.79 Å². The van der Waals surface area contributed by atoms with Gasteiger partial charge in [-0.1, -0.05) is 15.9 Å². The van der Waals surface area contributed by atoms with Crippen molar-refractivity contribution in [2.24, 2.45) is 7.05 Å². The first-order chi connectivity index (χ1) is 7.16. The van der Waals surface area contributed by atoms with E-state index in [0.717, 1.165) is 4.47 Å². The van der Waals surface area contributed by atoms with Crippen LogP contribution in [-0.4, -0.2) is 15.6 Å². The van der Waals surface area contributed by atoms with Crippen LogP contribution >= 0.6 is 15.9 Å². The summed E-state index contributed by atoms with van der Waals surface area (Å²) in [5.41, 5.74) is 1.28. The molecule has 15 heavy (non-hydrogen) atoms. The molecule has 0 saturated carbocycles. The Morgan fingerprint density at radius 3 is 2.47 bits per heavy atom. The fraction of sp³-hybridized carbons (Fsp3) is 0.0909. The van der Waals surface area contributed by atoms with E-state index in [9.17, 15) is 4.79 Å². The van der Waals surface area contributed by atoms with Gasteiger partial charge in [0, 0.05) is 23.3 Å². The highest BCUT2D eigenvalue weighted by atomic mass is 79.9. The molecule has 0 aliphatic rings. The summed E-state index contributed by atoms with van der Waals surface area (Å²) in [6.45, 7) is 0. The van der Waals surface area contributed by atoms with E-state index in [1.807, 2.05) is 12.1 Å². The quantitative estimate of drug-likeness (QED) is 0.781. The van der Waals surface area contributed by atoms with Crippen molar-refractivity contribution in [1.29, 1.82) is 0 Å². The minimum Gasteiger partial charge on any atom is -0.288 e. The van der Waals surface area contributed by atoms with Gasteiger partial charge in [0.25, 0.3) is 0 Å². The average molecular weight is 265 g/mol. The van der Waals surface area contributed by atoms with Gasteiger partial charge in [0.15, 0.2) is 5.78 Å². The van der Waals surface area contributed by atoms with E-state index in [-0.39, 0.29) is 5.78 Å². The summed E-state index contributed by atoms with van der Waals surface area (Å²) in [4.78, 5) is 11.9. The normalized spacial score (nSPS) is 10.3. The van der Waals surface area contributed by atoms with Crippen molar-refractivity contribution in [2.75, 3.05) is 0 Å². The van der Waals surface area contributed by atoms with Crippen LogP contribution in [0.1, 0.15) is 15.9 Å². The van der Waals surface area contributed by atoms with E-state index in [1.165, 1.54) is 0 Å². The van der Waals surface area contributed by atoms with Gasteiger partial charge in [-0.05, 0) is 24.3 Å². The maximum Gasteiger partial charge on any atom is 0.196 e. The van der Waals surface area contributed by atoms with Gasteiger partial charge < -0.3 is 0 Å². The van der Waals surface area contributed by atoms with Crippen LogP contribution in [0.25, 0.3) is 0 Å². The van der Waals surface area contributed by atoms with Crippen LogP contribution in [0.4, 0.5) is 0 Å². The first-order valence-electron chi connectivity index (χ1n) is 4.46. The lowest BCUT2D eigenvalue weighted by molar-refractivity contribution is 0.103. The van der Waals surface area contributed by atoms with Gasteiger partial charge in [-0.25, -0.2) is 0 Å². The molecule has 0 aliphatic carbocycles. The number of hydrogen-bond donors (Lipinski definition) is 0. The average Bonchev–Trinajstić information content (AvgIpc) is 2.65. The zero-order valence-corrected chi connectivity index (χ0v) is 9.73. The van der Waals surface area contributed by atoms with E-state index in [1.54, 1.807) is 36.3 Å². The molecular weight excluding hydrogens is 256 g/mol. The smallest absolute Gasteiger partial charge is 0.196 e. The molecule has 0 saturated heterocycles. The Kier molecular flexibility index (Phi) is 2.68. The highest BCUT2D eigenvalue weighted by molar-refractivity contribution is 9.10. The molecule has 2 aromatic rings. The number of ketones is 1. The van der Waals surface area contributed by atoms with Gasteiger partial charge in [-0.3, -0.25) is 9.48 Å². The van der Waals surface area contributed by atoms with Crippen molar-refractivity contribution >= 4 is 21.7 Å². The highest BCUT2D eigenvalue weighted by Gasteiger charge is 2.10. The summed E-state index contributed by atoms with van der Waals surface area (Å²) in [6.07, 6.45) is 3.29. The summed E-state index contributed by atoms with van der Waals surface area (Å²) in [5, 5.41) is 3.97. The number of rotatable bonds is 2. The zero-order chi connectivity index (χ0) is 10.8. The minimum absolute atomic E-state index is 0.00407. The third-order valence-electron chi connectivity index (χ3n) is 2.07. The molecule has 3 nitrogen and oxygen atoms in total. The minimum atomic E-state index is -0.00407. The molecule has 1 heterocycles. The van der Waals surface area contributed by atoms with Crippen molar-refractivity contribution in [3.05, 3.63) is 52.3 Å². The molecule has 0 atom stereocenters. The summed E-state index contributed by atoms with van der Waals surface area (Å²) in [7, 11) is 1.79. The molecule has 0 unspecified atom stereocenters. The molecule has 0 spiro atoms. The molecule has 76 valence electrons. The maximum absolute atomic E-state index is 11.9. The first kappa shape index (κ1) is 10.1. The van der Waals surface area contributed by atoms with E-state index in [4.69, 9.17) is 0 Å². The topological polar surface area (TPSA) is 34.9 Å². The molecule has 1 aromatic carbocycles. The molecule has 0 aliphatic heterocycles. The largest absolute Gasteiger partial charge is 0.288 e. The molecular formula is C11H9BrN2O. The number of hydrogen-bond acceptors (Lipinski definition) is 2. The maximum atomic E-state index is 11.9. The molecule has 2 rings (SSSR count). The Morgan fingerprint density at radius 2 is 1.93 bits per heavy atom. The summed E-state index contributed by atoms with van der Waals surface area (Å²) < 4.78 is 2.58.